The first-order valence-corrected chi connectivity index (χ1v) is 3.95. The van der Waals surface area contributed by atoms with E-state index >= 15 is 0 Å². The molecule has 0 spiro atoms. The van der Waals surface area contributed by atoms with Gasteiger partial charge in [0.25, 0.3) is 0 Å². The summed E-state index contributed by atoms with van der Waals surface area (Å²) < 4.78 is 4.99. The number of thiol groups is 1. The van der Waals surface area contributed by atoms with Crippen molar-refractivity contribution in [3.63, 3.8) is 0 Å². The predicted octanol–water partition coefficient (Wildman–Crippen LogP) is -1.60. The highest BCUT2D eigenvalue weighted by Gasteiger charge is 2.37. The van der Waals surface area contributed by atoms with E-state index < -0.39 is 23.6 Å². The summed E-state index contributed by atoms with van der Waals surface area (Å²) in [5.41, 5.74) is 0. The molecular weight excluding hydrogens is 168 g/mol. The monoisotopic (exact) mass is 180 g/mol. The number of ether oxygens (including phenoxy) is 1. The van der Waals surface area contributed by atoms with Crippen molar-refractivity contribution < 1.29 is 20.1 Å². The molecule has 1 aliphatic heterocycles. The first kappa shape index (κ1) is 9.28. The summed E-state index contributed by atoms with van der Waals surface area (Å²) in [7, 11) is 0. The largest absolute Gasteiger partial charge is 0.394 e. The van der Waals surface area contributed by atoms with E-state index in [-0.39, 0.29) is 13.2 Å². The molecule has 0 aromatic heterocycles. The summed E-state index contributed by atoms with van der Waals surface area (Å²) in [5, 5.41) is 26.4. The third-order valence-electron chi connectivity index (χ3n) is 1.76. The normalized spacial score (nSPS) is 40.9. The van der Waals surface area contributed by atoms with Gasteiger partial charge in [-0.1, -0.05) is 0 Å². The molecule has 3 N–H and O–H groups in total. The molecular formula is C6H12O4S. The van der Waals surface area contributed by atoms with Crippen LogP contribution in [0.15, 0.2) is 0 Å². The standard InChI is InChI=1S/C6H12O4S/c7-1-3(8)5-6(11)4(9)2-10-5/h3-9,11H,1-2H2/t3-,4+,5+,6-/m1/s1. The lowest BCUT2D eigenvalue weighted by molar-refractivity contribution is -0.0275. The third-order valence-corrected chi connectivity index (χ3v) is 2.39. The van der Waals surface area contributed by atoms with Gasteiger partial charge in [0.2, 0.25) is 0 Å². The molecule has 4 atom stereocenters. The molecule has 0 saturated carbocycles. The van der Waals surface area contributed by atoms with Crippen LogP contribution in [0.2, 0.25) is 0 Å². The molecule has 0 aromatic rings. The summed E-state index contributed by atoms with van der Waals surface area (Å²) in [4.78, 5) is 0. The maximum absolute atomic E-state index is 9.12. The highest BCUT2D eigenvalue weighted by atomic mass is 32.1. The number of aliphatic hydroxyl groups excluding tert-OH is 3. The minimum absolute atomic E-state index is 0.176. The Morgan fingerprint density at radius 1 is 1.64 bits per heavy atom. The zero-order chi connectivity index (χ0) is 8.43. The Bertz CT molecular complexity index is 132. The van der Waals surface area contributed by atoms with E-state index in [0.29, 0.717) is 0 Å². The number of aliphatic hydroxyl groups is 3. The molecule has 0 aromatic carbocycles. The molecule has 66 valence electrons. The van der Waals surface area contributed by atoms with Gasteiger partial charge in [0.1, 0.15) is 6.10 Å². The fourth-order valence-corrected chi connectivity index (χ4v) is 1.44. The summed E-state index contributed by atoms with van der Waals surface area (Å²) in [6, 6.07) is 0. The van der Waals surface area contributed by atoms with Gasteiger partial charge >= 0.3 is 0 Å². The second-order valence-electron chi connectivity index (χ2n) is 2.61. The van der Waals surface area contributed by atoms with Gasteiger partial charge < -0.3 is 20.1 Å². The second kappa shape index (κ2) is 3.73. The zero-order valence-corrected chi connectivity index (χ0v) is 6.82. The van der Waals surface area contributed by atoms with Crippen LogP contribution in [0.4, 0.5) is 0 Å². The molecule has 0 amide bonds. The van der Waals surface area contributed by atoms with Gasteiger partial charge in [-0.15, -0.1) is 0 Å². The van der Waals surface area contributed by atoms with E-state index in [1.54, 1.807) is 0 Å². The van der Waals surface area contributed by atoms with Crippen LogP contribution in [0.25, 0.3) is 0 Å². The van der Waals surface area contributed by atoms with Gasteiger partial charge in [-0.3, -0.25) is 0 Å². The maximum atomic E-state index is 9.12. The van der Waals surface area contributed by atoms with Crippen molar-refractivity contribution in [3.8, 4) is 0 Å². The minimum Gasteiger partial charge on any atom is -0.394 e. The lowest BCUT2D eigenvalue weighted by Crippen LogP contribution is -2.37. The molecule has 0 aliphatic carbocycles. The van der Waals surface area contributed by atoms with Crippen LogP contribution in [0, 0.1) is 0 Å². The molecule has 1 rings (SSSR count). The first-order chi connectivity index (χ1) is 5.16. The van der Waals surface area contributed by atoms with Crippen molar-refractivity contribution in [1.82, 2.24) is 0 Å². The third kappa shape index (κ3) is 1.86. The van der Waals surface area contributed by atoms with Crippen molar-refractivity contribution in [2.75, 3.05) is 13.2 Å². The molecule has 0 unspecified atom stereocenters. The van der Waals surface area contributed by atoms with Crippen LogP contribution in [0.1, 0.15) is 0 Å². The minimum atomic E-state index is -0.949. The van der Waals surface area contributed by atoms with Crippen molar-refractivity contribution in [2.45, 2.75) is 23.6 Å². The highest BCUT2D eigenvalue weighted by molar-refractivity contribution is 7.81. The Labute approximate surface area is 70.2 Å². The summed E-state index contributed by atoms with van der Waals surface area (Å²) in [5.74, 6) is 0. The van der Waals surface area contributed by atoms with Gasteiger partial charge in [-0.25, -0.2) is 0 Å². The van der Waals surface area contributed by atoms with Crippen molar-refractivity contribution in [2.24, 2.45) is 0 Å². The maximum Gasteiger partial charge on any atom is 0.104 e. The fourth-order valence-electron chi connectivity index (χ4n) is 1.07. The molecule has 5 heteroatoms. The van der Waals surface area contributed by atoms with Crippen molar-refractivity contribution >= 4 is 12.6 Å². The molecule has 0 radical (unpaired) electrons. The Kier molecular flexibility index (Phi) is 3.15. The van der Waals surface area contributed by atoms with Gasteiger partial charge in [-0.05, 0) is 0 Å². The second-order valence-corrected chi connectivity index (χ2v) is 3.20. The van der Waals surface area contributed by atoms with Crippen molar-refractivity contribution in [1.29, 1.82) is 0 Å². The Morgan fingerprint density at radius 3 is 2.64 bits per heavy atom. The smallest absolute Gasteiger partial charge is 0.104 e. The van der Waals surface area contributed by atoms with Gasteiger partial charge in [-0.2, -0.15) is 12.6 Å². The predicted molar refractivity (Wildman–Crippen MR) is 41.6 cm³/mol. The van der Waals surface area contributed by atoms with E-state index in [2.05, 4.69) is 12.6 Å². The number of rotatable bonds is 2. The molecule has 11 heavy (non-hydrogen) atoms. The van der Waals surface area contributed by atoms with Crippen LogP contribution < -0.4 is 0 Å². The van der Waals surface area contributed by atoms with E-state index in [0.717, 1.165) is 0 Å². The van der Waals surface area contributed by atoms with Crippen LogP contribution in [0.5, 0.6) is 0 Å². The average Bonchev–Trinajstić information content (AvgIpc) is 2.32. The Morgan fingerprint density at radius 2 is 2.27 bits per heavy atom. The van der Waals surface area contributed by atoms with Crippen LogP contribution in [0.3, 0.4) is 0 Å². The summed E-state index contributed by atoms with van der Waals surface area (Å²) in [6.07, 6.45) is -2.16. The van der Waals surface area contributed by atoms with Crippen LogP contribution in [-0.2, 0) is 4.74 Å². The SMILES string of the molecule is OC[C@@H](O)[C@@H]1OC[C@H](O)[C@H]1S. The van der Waals surface area contributed by atoms with E-state index in [1.165, 1.54) is 0 Å². The molecule has 0 bridgehead atoms. The van der Waals surface area contributed by atoms with E-state index in [9.17, 15) is 0 Å². The Hall–Kier alpha value is 0.190. The average molecular weight is 180 g/mol. The van der Waals surface area contributed by atoms with Crippen LogP contribution >= 0.6 is 12.6 Å². The summed E-state index contributed by atoms with van der Waals surface area (Å²) >= 11 is 4.03. The van der Waals surface area contributed by atoms with E-state index in [4.69, 9.17) is 20.1 Å². The van der Waals surface area contributed by atoms with Gasteiger partial charge in [0.05, 0.1) is 30.7 Å². The summed E-state index contributed by atoms with van der Waals surface area (Å²) in [6.45, 7) is -0.190. The molecule has 1 fully saturated rings. The highest BCUT2D eigenvalue weighted by Crippen LogP contribution is 2.21. The number of hydrogen-bond acceptors (Lipinski definition) is 5. The molecule has 4 nitrogen and oxygen atoms in total. The zero-order valence-electron chi connectivity index (χ0n) is 5.92. The van der Waals surface area contributed by atoms with Crippen LogP contribution in [-0.4, -0.2) is 52.1 Å². The topological polar surface area (TPSA) is 69.9 Å². The lowest BCUT2D eigenvalue weighted by Gasteiger charge is -2.18. The molecule has 1 heterocycles. The van der Waals surface area contributed by atoms with Crippen molar-refractivity contribution in [3.05, 3.63) is 0 Å². The molecule has 1 saturated heterocycles. The number of hydrogen-bond donors (Lipinski definition) is 4. The van der Waals surface area contributed by atoms with Gasteiger partial charge in [0, 0.05) is 0 Å². The van der Waals surface area contributed by atoms with E-state index in [1.807, 2.05) is 0 Å². The fraction of sp³-hybridized carbons (Fsp3) is 1.00. The quantitative estimate of drug-likeness (QED) is 0.386. The lowest BCUT2D eigenvalue weighted by atomic mass is 10.1. The first-order valence-electron chi connectivity index (χ1n) is 3.43. The molecule has 1 aliphatic rings. The van der Waals surface area contributed by atoms with Gasteiger partial charge in [0.15, 0.2) is 0 Å². The Balaban J connectivity index is 2.47.